The van der Waals surface area contributed by atoms with Gasteiger partial charge in [0.1, 0.15) is 6.04 Å². The molecule has 1 unspecified atom stereocenters. The van der Waals surface area contributed by atoms with E-state index >= 15 is 0 Å². The number of carboxylic acid groups (broad SMARTS) is 1. The lowest BCUT2D eigenvalue weighted by atomic mass is 10.3. The van der Waals surface area contributed by atoms with Crippen LogP contribution in [0, 0.1) is 11.8 Å². The molecule has 3 nitrogen and oxygen atoms in total. The Morgan fingerprint density at radius 3 is 2.67 bits per heavy atom. The zero-order chi connectivity index (χ0) is 9.56. The van der Waals surface area contributed by atoms with Crippen LogP contribution in [0.25, 0.3) is 0 Å². The summed E-state index contributed by atoms with van der Waals surface area (Å²) >= 11 is 0. The molecule has 0 aliphatic rings. The van der Waals surface area contributed by atoms with E-state index in [1.54, 1.807) is 25.8 Å². The average molecular weight is 169 g/mol. The van der Waals surface area contributed by atoms with Gasteiger partial charge in [-0.2, -0.15) is 0 Å². The number of rotatable bonds is 4. The van der Waals surface area contributed by atoms with Gasteiger partial charge >= 0.3 is 5.97 Å². The molecule has 12 heavy (non-hydrogen) atoms. The van der Waals surface area contributed by atoms with Gasteiger partial charge in [-0.1, -0.05) is 0 Å². The molecule has 0 radical (unpaired) electrons. The second-order valence-corrected chi connectivity index (χ2v) is 2.67. The summed E-state index contributed by atoms with van der Waals surface area (Å²) in [4.78, 5) is 12.3. The second kappa shape index (κ2) is 5.62. The first-order valence-electron chi connectivity index (χ1n) is 3.92. The zero-order valence-corrected chi connectivity index (χ0v) is 7.79. The van der Waals surface area contributed by atoms with E-state index in [0.29, 0.717) is 6.54 Å². The Morgan fingerprint density at radius 1 is 1.67 bits per heavy atom. The van der Waals surface area contributed by atoms with Crippen molar-refractivity contribution in [1.29, 1.82) is 0 Å². The highest BCUT2D eigenvalue weighted by Crippen LogP contribution is 1.95. The molecule has 1 N–H and O–H groups in total. The fraction of sp³-hybridized carbons (Fsp3) is 0.667. The summed E-state index contributed by atoms with van der Waals surface area (Å²) in [5.74, 6) is 4.87. The fourth-order valence-corrected chi connectivity index (χ4v) is 0.739. The number of hydrogen-bond acceptors (Lipinski definition) is 2. The SMILES string of the molecule is CC#CCCN(C)C(C)C(=O)O. The lowest BCUT2D eigenvalue weighted by Gasteiger charge is -2.19. The molecule has 0 amide bonds. The molecule has 0 spiro atoms. The maximum atomic E-state index is 10.5. The van der Waals surface area contributed by atoms with E-state index in [1.807, 2.05) is 0 Å². The van der Waals surface area contributed by atoms with Gasteiger partial charge in [-0.25, -0.2) is 0 Å². The standard InChI is InChI=1S/C9H15NO2/c1-4-5-6-7-10(3)8(2)9(11)12/h8H,6-7H2,1-3H3,(H,11,12). The van der Waals surface area contributed by atoms with Gasteiger partial charge in [0.05, 0.1) is 0 Å². The van der Waals surface area contributed by atoms with Crippen LogP contribution in [0.4, 0.5) is 0 Å². The first-order chi connectivity index (χ1) is 5.59. The number of likely N-dealkylation sites (N-methyl/N-ethyl adjacent to an activating group) is 1. The van der Waals surface area contributed by atoms with Crippen LogP contribution in [0.1, 0.15) is 20.3 Å². The van der Waals surface area contributed by atoms with Crippen molar-refractivity contribution in [2.45, 2.75) is 26.3 Å². The number of carboxylic acids is 1. The Bertz CT molecular complexity index is 202. The maximum Gasteiger partial charge on any atom is 0.320 e. The summed E-state index contributed by atoms with van der Waals surface area (Å²) in [6, 6.07) is -0.427. The number of carbonyl (C=O) groups is 1. The molecule has 1 atom stereocenters. The normalized spacial score (nSPS) is 12.0. The number of nitrogens with zero attached hydrogens (tertiary/aromatic N) is 1. The largest absolute Gasteiger partial charge is 0.480 e. The first-order valence-corrected chi connectivity index (χ1v) is 3.92. The molecule has 0 heterocycles. The van der Waals surface area contributed by atoms with E-state index in [1.165, 1.54) is 0 Å². The second-order valence-electron chi connectivity index (χ2n) is 2.67. The van der Waals surface area contributed by atoms with E-state index in [0.717, 1.165) is 6.42 Å². The van der Waals surface area contributed by atoms with Crippen LogP contribution in [0.5, 0.6) is 0 Å². The highest BCUT2D eigenvalue weighted by Gasteiger charge is 2.15. The smallest absolute Gasteiger partial charge is 0.320 e. The summed E-state index contributed by atoms with van der Waals surface area (Å²) in [5, 5.41) is 8.63. The Labute approximate surface area is 73.4 Å². The molecular weight excluding hydrogens is 154 g/mol. The fourth-order valence-electron chi connectivity index (χ4n) is 0.739. The third-order valence-corrected chi connectivity index (χ3v) is 1.78. The molecule has 0 saturated carbocycles. The molecule has 0 aliphatic heterocycles. The molecule has 0 fully saturated rings. The van der Waals surface area contributed by atoms with Crippen LogP contribution in [0.2, 0.25) is 0 Å². The molecule has 0 aromatic heterocycles. The molecule has 0 rings (SSSR count). The summed E-state index contributed by atoms with van der Waals surface area (Å²) in [6.45, 7) is 4.15. The molecular formula is C9H15NO2. The Balaban J connectivity index is 3.76. The van der Waals surface area contributed by atoms with Gasteiger partial charge < -0.3 is 5.11 Å². The molecule has 68 valence electrons. The average Bonchev–Trinajstić information content (AvgIpc) is 2.03. The lowest BCUT2D eigenvalue weighted by molar-refractivity contribution is -0.142. The summed E-state index contributed by atoms with van der Waals surface area (Å²) in [5.41, 5.74) is 0. The van der Waals surface area contributed by atoms with Crippen LogP contribution in [-0.4, -0.2) is 35.6 Å². The maximum absolute atomic E-state index is 10.5. The molecule has 0 aliphatic carbocycles. The van der Waals surface area contributed by atoms with Gasteiger partial charge in [-0.15, -0.1) is 11.8 Å². The van der Waals surface area contributed by atoms with E-state index in [4.69, 9.17) is 5.11 Å². The van der Waals surface area contributed by atoms with Crippen molar-refractivity contribution in [3.8, 4) is 11.8 Å². The zero-order valence-electron chi connectivity index (χ0n) is 7.79. The number of hydrogen-bond donors (Lipinski definition) is 1. The van der Waals surface area contributed by atoms with Crippen molar-refractivity contribution < 1.29 is 9.90 Å². The van der Waals surface area contributed by atoms with Gasteiger partial charge in [0.15, 0.2) is 0 Å². The summed E-state index contributed by atoms with van der Waals surface area (Å²) < 4.78 is 0. The highest BCUT2D eigenvalue weighted by atomic mass is 16.4. The number of aliphatic carboxylic acids is 1. The van der Waals surface area contributed by atoms with Crippen molar-refractivity contribution >= 4 is 5.97 Å². The molecule has 0 aromatic carbocycles. The van der Waals surface area contributed by atoms with Gasteiger partial charge in [-0.3, -0.25) is 9.69 Å². The van der Waals surface area contributed by atoms with E-state index < -0.39 is 12.0 Å². The van der Waals surface area contributed by atoms with Crippen LogP contribution < -0.4 is 0 Å². The minimum absolute atomic E-state index is 0.427. The summed E-state index contributed by atoms with van der Waals surface area (Å²) in [7, 11) is 1.79. The van der Waals surface area contributed by atoms with Crippen molar-refractivity contribution in [2.24, 2.45) is 0 Å². The minimum Gasteiger partial charge on any atom is -0.480 e. The van der Waals surface area contributed by atoms with Crippen molar-refractivity contribution in [1.82, 2.24) is 4.90 Å². The van der Waals surface area contributed by atoms with Crippen molar-refractivity contribution in [3.63, 3.8) is 0 Å². The predicted molar refractivity (Wildman–Crippen MR) is 47.8 cm³/mol. The van der Waals surface area contributed by atoms with Crippen LogP contribution >= 0.6 is 0 Å². The minimum atomic E-state index is -0.790. The van der Waals surface area contributed by atoms with E-state index in [9.17, 15) is 4.79 Å². The van der Waals surface area contributed by atoms with Gasteiger partial charge in [0.25, 0.3) is 0 Å². The topological polar surface area (TPSA) is 40.5 Å². The Kier molecular flexibility index (Phi) is 5.14. The Morgan fingerprint density at radius 2 is 2.25 bits per heavy atom. The quantitative estimate of drug-likeness (QED) is 0.633. The summed E-state index contributed by atoms with van der Waals surface area (Å²) in [6.07, 6.45) is 0.727. The van der Waals surface area contributed by atoms with Crippen molar-refractivity contribution in [2.75, 3.05) is 13.6 Å². The monoisotopic (exact) mass is 169 g/mol. The van der Waals surface area contributed by atoms with E-state index in [-0.39, 0.29) is 0 Å². The van der Waals surface area contributed by atoms with Gasteiger partial charge in [0, 0.05) is 13.0 Å². The molecule has 0 saturated heterocycles. The van der Waals surface area contributed by atoms with Gasteiger partial charge in [-0.05, 0) is 20.9 Å². The lowest BCUT2D eigenvalue weighted by Crippen LogP contribution is -2.36. The molecule has 3 heteroatoms. The first kappa shape index (κ1) is 11.0. The third kappa shape index (κ3) is 3.99. The van der Waals surface area contributed by atoms with Crippen LogP contribution in [0.15, 0.2) is 0 Å². The van der Waals surface area contributed by atoms with Crippen LogP contribution in [-0.2, 0) is 4.79 Å². The third-order valence-electron chi connectivity index (χ3n) is 1.78. The molecule has 0 bridgehead atoms. The van der Waals surface area contributed by atoms with Crippen LogP contribution in [0.3, 0.4) is 0 Å². The molecule has 0 aromatic rings. The highest BCUT2D eigenvalue weighted by molar-refractivity contribution is 5.72. The van der Waals surface area contributed by atoms with Crippen molar-refractivity contribution in [3.05, 3.63) is 0 Å². The Hall–Kier alpha value is -1.01. The predicted octanol–water partition coefficient (Wildman–Crippen LogP) is 0.805. The van der Waals surface area contributed by atoms with Gasteiger partial charge in [0.2, 0.25) is 0 Å². The van der Waals surface area contributed by atoms with E-state index in [2.05, 4.69) is 11.8 Å².